The highest BCUT2D eigenvalue weighted by Gasteiger charge is 2.24. The largest absolute Gasteiger partial charge is 0.493 e. The maximum Gasteiger partial charge on any atom is 0.317 e. The molecular weight excluding hydrogens is 320 g/mol. The first-order chi connectivity index (χ1) is 12.1. The molecule has 7 nitrogen and oxygen atoms in total. The average molecular weight is 344 g/mol. The van der Waals surface area contributed by atoms with Crippen molar-refractivity contribution in [2.75, 3.05) is 27.3 Å². The van der Waals surface area contributed by atoms with E-state index in [1.807, 2.05) is 35.9 Å². The minimum atomic E-state index is -0.0993. The Morgan fingerprint density at radius 1 is 1.52 bits per heavy atom. The summed E-state index contributed by atoms with van der Waals surface area (Å²) in [6.45, 7) is 3.72. The molecule has 0 aliphatic carbocycles. The van der Waals surface area contributed by atoms with Gasteiger partial charge < -0.3 is 24.3 Å². The molecule has 0 saturated heterocycles. The fourth-order valence-electron chi connectivity index (χ4n) is 2.93. The molecule has 1 atom stereocenters. The van der Waals surface area contributed by atoms with Crippen molar-refractivity contribution < 1.29 is 14.3 Å². The van der Waals surface area contributed by atoms with Crippen LogP contribution in [0, 0.1) is 6.92 Å². The molecule has 0 radical (unpaired) electrons. The van der Waals surface area contributed by atoms with E-state index in [-0.39, 0.29) is 12.1 Å². The van der Waals surface area contributed by atoms with Crippen molar-refractivity contribution in [2.24, 2.45) is 0 Å². The Labute approximate surface area is 147 Å². The third kappa shape index (κ3) is 3.87. The number of carbonyl (C=O) groups is 1. The number of rotatable bonds is 5. The molecule has 0 unspecified atom stereocenters. The predicted octanol–water partition coefficient (Wildman–Crippen LogP) is 1.85. The van der Waals surface area contributed by atoms with Gasteiger partial charge in [0.25, 0.3) is 0 Å². The third-order valence-corrected chi connectivity index (χ3v) is 4.45. The number of nitrogens with one attached hydrogen (secondary N) is 1. The Morgan fingerprint density at radius 3 is 3.08 bits per heavy atom. The van der Waals surface area contributed by atoms with Gasteiger partial charge in [-0.05, 0) is 19.4 Å². The van der Waals surface area contributed by atoms with E-state index in [4.69, 9.17) is 9.47 Å². The van der Waals surface area contributed by atoms with Crippen LogP contribution in [0.5, 0.6) is 11.5 Å². The quantitative estimate of drug-likeness (QED) is 0.899. The van der Waals surface area contributed by atoms with Gasteiger partial charge in [0.05, 0.1) is 13.2 Å². The summed E-state index contributed by atoms with van der Waals surface area (Å²) in [4.78, 5) is 18.3. The zero-order chi connectivity index (χ0) is 17.8. The number of benzene rings is 1. The minimum absolute atomic E-state index is 0.0514. The van der Waals surface area contributed by atoms with Crippen LogP contribution in [-0.4, -0.2) is 53.8 Å². The predicted molar refractivity (Wildman–Crippen MR) is 94.1 cm³/mol. The monoisotopic (exact) mass is 344 g/mol. The number of aromatic nitrogens is 2. The molecule has 1 aliphatic rings. The van der Waals surface area contributed by atoms with E-state index in [0.29, 0.717) is 13.2 Å². The average Bonchev–Trinajstić information content (AvgIpc) is 3.03. The Hall–Kier alpha value is -2.70. The van der Waals surface area contributed by atoms with Gasteiger partial charge in [0, 0.05) is 38.1 Å². The first-order valence-corrected chi connectivity index (χ1v) is 8.36. The molecule has 0 fully saturated rings. The van der Waals surface area contributed by atoms with Crippen LogP contribution in [0.1, 0.15) is 11.4 Å². The summed E-state index contributed by atoms with van der Waals surface area (Å²) in [6, 6.07) is 5.66. The Kier molecular flexibility index (Phi) is 5.11. The lowest BCUT2D eigenvalue weighted by Crippen LogP contribution is -2.48. The summed E-state index contributed by atoms with van der Waals surface area (Å²) in [5, 5.41) is 3.04. The number of urea groups is 1. The lowest BCUT2D eigenvalue weighted by atomic mass is 10.0. The van der Waals surface area contributed by atoms with E-state index in [2.05, 4.69) is 10.3 Å². The summed E-state index contributed by atoms with van der Waals surface area (Å²) in [5.74, 6) is 2.45. The molecule has 2 aromatic rings. The van der Waals surface area contributed by atoms with Gasteiger partial charge in [-0.15, -0.1) is 0 Å². The smallest absolute Gasteiger partial charge is 0.317 e. The molecule has 0 spiro atoms. The number of nitrogens with zero attached hydrogens (tertiary/aromatic N) is 3. The van der Waals surface area contributed by atoms with Crippen LogP contribution >= 0.6 is 0 Å². The number of aryl methyl sites for hydroxylation is 1. The molecule has 1 aromatic heterocycles. The normalized spacial score (nSPS) is 15.9. The number of methoxy groups -OCH3 is 1. The first kappa shape index (κ1) is 17.1. The Balaban J connectivity index is 1.53. The highest BCUT2D eigenvalue weighted by atomic mass is 16.5. The number of carbonyl (C=O) groups excluding carboxylic acids is 1. The zero-order valence-electron chi connectivity index (χ0n) is 14.9. The molecule has 7 heteroatoms. The Morgan fingerprint density at radius 2 is 2.36 bits per heavy atom. The van der Waals surface area contributed by atoms with E-state index in [0.717, 1.165) is 35.9 Å². The first-order valence-electron chi connectivity index (χ1n) is 8.36. The van der Waals surface area contributed by atoms with Crippen LogP contribution in [-0.2, 0) is 13.0 Å². The van der Waals surface area contributed by atoms with Gasteiger partial charge in [0.1, 0.15) is 12.4 Å². The number of hydrogen-bond donors (Lipinski definition) is 1. The zero-order valence-corrected chi connectivity index (χ0v) is 14.9. The summed E-state index contributed by atoms with van der Waals surface area (Å²) >= 11 is 0. The highest BCUT2D eigenvalue weighted by molar-refractivity contribution is 5.74. The van der Waals surface area contributed by atoms with E-state index in [1.165, 1.54) is 0 Å². The highest BCUT2D eigenvalue weighted by Crippen LogP contribution is 2.34. The number of fused-ring (bicyclic) bond motifs is 1. The van der Waals surface area contributed by atoms with Crippen molar-refractivity contribution >= 4 is 6.03 Å². The van der Waals surface area contributed by atoms with Crippen LogP contribution < -0.4 is 14.8 Å². The van der Waals surface area contributed by atoms with Crippen LogP contribution in [0.15, 0.2) is 30.6 Å². The van der Waals surface area contributed by atoms with Gasteiger partial charge in [-0.3, -0.25) is 0 Å². The minimum Gasteiger partial charge on any atom is -0.493 e. The molecule has 0 saturated carbocycles. The second-order valence-corrected chi connectivity index (χ2v) is 6.20. The van der Waals surface area contributed by atoms with Crippen LogP contribution in [0.25, 0.3) is 0 Å². The van der Waals surface area contributed by atoms with E-state index < -0.39 is 0 Å². The molecule has 1 aliphatic heterocycles. The molecular formula is C18H24N4O3. The van der Waals surface area contributed by atoms with Crippen molar-refractivity contribution in [3.63, 3.8) is 0 Å². The number of hydrogen-bond acceptors (Lipinski definition) is 4. The molecule has 0 bridgehead atoms. The SMILES string of the molecule is COc1cccc2c1OC[C@@H](NC(=O)N(C)CCn1ccnc1C)C2. The Bertz CT molecular complexity index is 744. The molecule has 2 amide bonds. The lowest BCUT2D eigenvalue weighted by molar-refractivity contribution is 0.186. The summed E-state index contributed by atoms with van der Waals surface area (Å²) < 4.78 is 13.1. The number of imidazole rings is 1. The summed E-state index contributed by atoms with van der Waals surface area (Å²) in [6.07, 6.45) is 4.41. The van der Waals surface area contributed by atoms with Gasteiger partial charge >= 0.3 is 6.03 Å². The van der Waals surface area contributed by atoms with Crippen LogP contribution in [0.4, 0.5) is 4.79 Å². The van der Waals surface area contributed by atoms with Crippen LogP contribution in [0.2, 0.25) is 0 Å². The topological polar surface area (TPSA) is 68.6 Å². The molecule has 1 N–H and O–H groups in total. The number of likely N-dealkylation sites (N-methyl/N-ethyl adjacent to an activating group) is 1. The third-order valence-electron chi connectivity index (χ3n) is 4.45. The van der Waals surface area contributed by atoms with Crippen molar-refractivity contribution in [2.45, 2.75) is 25.9 Å². The van der Waals surface area contributed by atoms with Crippen molar-refractivity contribution in [1.29, 1.82) is 0 Å². The number of para-hydroxylation sites is 1. The maximum atomic E-state index is 12.4. The van der Waals surface area contributed by atoms with Crippen molar-refractivity contribution in [1.82, 2.24) is 19.8 Å². The van der Waals surface area contributed by atoms with E-state index >= 15 is 0 Å². The molecule has 2 heterocycles. The van der Waals surface area contributed by atoms with E-state index in [1.54, 1.807) is 25.3 Å². The van der Waals surface area contributed by atoms with Gasteiger partial charge in [0.15, 0.2) is 11.5 Å². The van der Waals surface area contributed by atoms with Crippen LogP contribution in [0.3, 0.4) is 0 Å². The summed E-state index contributed by atoms with van der Waals surface area (Å²) in [5.41, 5.74) is 1.05. The maximum absolute atomic E-state index is 12.4. The van der Waals surface area contributed by atoms with E-state index in [9.17, 15) is 4.79 Å². The molecule has 3 rings (SSSR count). The molecule has 1 aromatic carbocycles. The summed E-state index contributed by atoms with van der Waals surface area (Å²) in [7, 11) is 3.42. The number of amides is 2. The second kappa shape index (κ2) is 7.46. The van der Waals surface area contributed by atoms with Gasteiger partial charge in [-0.25, -0.2) is 9.78 Å². The van der Waals surface area contributed by atoms with Gasteiger partial charge in [-0.1, -0.05) is 12.1 Å². The molecule has 25 heavy (non-hydrogen) atoms. The second-order valence-electron chi connectivity index (χ2n) is 6.20. The molecule has 134 valence electrons. The van der Waals surface area contributed by atoms with Gasteiger partial charge in [0.2, 0.25) is 0 Å². The van der Waals surface area contributed by atoms with Crippen molar-refractivity contribution in [3.8, 4) is 11.5 Å². The lowest BCUT2D eigenvalue weighted by Gasteiger charge is -2.29. The fraction of sp³-hybridized carbons (Fsp3) is 0.444. The van der Waals surface area contributed by atoms with Crippen molar-refractivity contribution in [3.05, 3.63) is 42.0 Å². The fourth-order valence-corrected chi connectivity index (χ4v) is 2.93. The van der Waals surface area contributed by atoms with Gasteiger partial charge in [-0.2, -0.15) is 0 Å². The standard InChI is InChI=1S/C18H24N4O3/c1-13-19-7-8-22(13)10-9-21(2)18(23)20-15-11-14-5-4-6-16(24-3)17(14)25-12-15/h4-8,15H,9-12H2,1-3H3,(H,20,23)/t15-/m0/s1. The number of ether oxygens (including phenoxy) is 2.